The van der Waals surface area contributed by atoms with E-state index in [1.54, 1.807) is 0 Å². The average molecular weight is 384 g/mol. The monoisotopic (exact) mass is 384 g/mol. The van der Waals surface area contributed by atoms with E-state index in [2.05, 4.69) is 60.7 Å². The van der Waals surface area contributed by atoms with Crippen molar-refractivity contribution < 1.29 is 4.79 Å². The standard InChI is InChI=1S/C16H10.C13H10O/c1-3-11-7-9-13-5-2-6-14-10-8-12(4-1)15(11)16(13)14;14-10-12-8-4-5-9-13(12)11-6-2-1-3-7-11/h1-10H;1-10H. The molecule has 30 heavy (non-hydrogen) atoms. The Kier molecular flexibility index (Phi) is 4.71. The van der Waals surface area contributed by atoms with Crippen LogP contribution in [0.5, 0.6) is 0 Å². The van der Waals surface area contributed by atoms with Crippen LogP contribution in [0.4, 0.5) is 0 Å². The Labute approximate surface area is 175 Å². The zero-order valence-electron chi connectivity index (χ0n) is 16.5. The van der Waals surface area contributed by atoms with Crippen LogP contribution < -0.4 is 0 Å². The van der Waals surface area contributed by atoms with E-state index in [9.17, 15) is 4.79 Å². The topological polar surface area (TPSA) is 17.1 Å². The Hall–Kier alpha value is -3.97. The molecule has 0 saturated carbocycles. The molecule has 0 fully saturated rings. The predicted octanol–water partition coefficient (Wildman–Crippen LogP) is 7.75. The van der Waals surface area contributed by atoms with Crippen molar-refractivity contribution in [1.82, 2.24) is 0 Å². The van der Waals surface area contributed by atoms with Crippen molar-refractivity contribution in [3.8, 4) is 11.1 Å². The van der Waals surface area contributed by atoms with Crippen molar-refractivity contribution in [3.05, 3.63) is 121 Å². The van der Waals surface area contributed by atoms with E-state index in [-0.39, 0.29) is 0 Å². The molecule has 1 nitrogen and oxygen atoms in total. The predicted molar refractivity (Wildman–Crippen MR) is 127 cm³/mol. The second-order valence-electron chi connectivity index (χ2n) is 7.36. The summed E-state index contributed by atoms with van der Waals surface area (Å²) in [5.41, 5.74) is 2.80. The first kappa shape index (κ1) is 18.1. The Balaban J connectivity index is 0.000000130. The lowest BCUT2D eigenvalue weighted by molar-refractivity contribution is 0.112. The number of carbonyl (C=O) groups is 1. The first-order chi connectivity index (χ1) is 14.8. The molecule has 6 aromatic carbocycles. The SMILES string of the molecule is O=Cc1ccccc1-c1ccccc1.c1cc2ccc3cccc4ccc(c1)c2c34. The van der Waals surface area contributed by atoms with Gasteiger partial charge in [-0.2, -0.15) is 0 Å². The minimum Gasteiger partial charge on any atom is -0.298 e. The molecular weight excluding hydrogens is 364 g/mol. The molecule has 0 aliphatic carbocycles. The maximum Gasteiger partial charge on any atom is 0.150 e. The number of hydrogen-bond donors (Lipinski definition) is 0. The first-order valence-corrected chi connectivity index (χ1v) is 10.1. The van der Waals surface area contributed by atoms with Crippen LogP contribution in [0.15, 0.2) is 115 Å². The minimum absolute atomic E-state index is 0.735. The highest BCUT2D eigenvalue weighted by molar-refractivity contribution is 6.22. The molecule has 6 rings (SSSR count). The van der Waals surface area contributed by atoms with Crippen molar-refractivity contribution >= 4 is 38.6 Å². The molecule has 0 aliphatic rings. The van der Waals surface area contributed by atoms with E-state index in [1.807, 2.05) is 54.6 Å². The van der Waals surface area contributed by atoms with E-state index in [4.69, 9.17) is 0 Å². The first-order valence-electron chi connectivity index (χ1n) is 10.1. The number of aldehydes is 1. The summed E-state index contributed by atoms with van der Waals surface area (Å²) in [7, 11) is 0. The van der Waals surface area contributed by atoms with Crippen molar-refractivity contribution in [2.45, 2.75) is 0 Å². The summed E-state index contributed by atoms with van der Waals surface area (Å²) in [6, 6.07) is 39.4. The average Bonchev–Trinajstić information content (AvgIpc) is 2.83. The summed E-state index contributed by atoms with van der Waals surface area (Å²) in [6.07, 6.45) is 0.891. The van der Waals surface area contributed by atoms with E-state index >= 15 is 0 Å². The maximum absolute atomic E-state index is 10.8. The summed E-state index contributed by atoms with van der Waals surface area (Å²) in [5.74, 6) is 0. The molecule has 0 heterocycles. The second-order valence-corrected chi connectivity index (χ2v) is 7.36. The third-order valence-electron chi connectivity index (χ3n) is 5.57. The molecule has 0 radical (unpaired) electrons. The zero-order valence-corrected chi connectivity index (χ0v) is 16.5. The van der Waals surface area contributed by atoms with Crippen LogP contribution in [-0.4, -0.2) is 6.29 Å². The van der Waals surface area contributed by atoms with Crippen LogP contribution in [0.2, 0.25) is 0 Å². The smallest absolute Gasteiger partial charge is 0.150 e. The highest BCUT2D eigenvalue weighted by atomic mass is 16.1. The summed E-state index contributed by atoms with van der Waals surface area (Å²) < 4.78 is 0. The number of carbonyl (C=O) groups excluding carboxylic acids is 1. The van der Waals surface area contributed by atoms with Crippen LogP contribution in [0.25, 0.3) is 43.4 Å². The van der Waals surface area contributed by atoms with Crippen LogP contribution in [0.1, 0.15) is 10.4 Å². The van der Waals surface area contributed by atoms with Gasteiger partial charge in [-0.3, -0.25) is 4.79 Å². The molecule has 1 heteroatoms. The van der Waals surface area contributed by atoms with Gasteiger partial charge in [-0.15, -0.1) is 0 Å². The second kappa shape index (κ2) is 7.81. The van der Waals surface area contributed by atoms with Gasteiger partial charge >= 0.3 is 0 Å². The molecule has 0 N–H and O–H groups in total. The van der Waals surface area contributed by atoms with Crippen molar-refractivity contribution in [2.75, 3.05) is 0 Å². The Morgan fingerprint density at radius 2 is 0.900 bits per heavy atom. The molecule has 142 valence electrons. The summed E-state index contributed by atoms with van der Waals surface area (Å²) in [4.78, 5) is 10.8. The largest absolute Gasteiger partial charge is 0.298 e. The normalized spacial score (nSPS) is 10.8. The molecule has 0 aromatic heterocycles. The third-order valence-corrected chi connectivity index (χ3v) is 5.57. The van der Waals surface area contributed by atoms with Crippen molar-refractivity contribution in [2.24, 2.45) is 0 Å². The zero-order chi connectivity index (χ0) is 20.3. The quantitative estimate of drug-likeness (QED) is 0.220. The fourth-order valence-corrected chi connectivity index (χ4v) is 4.15. The Morgan fingerprint density at radius 3 is 1.40 bits per heavy atom. The minimum atomic E-state index is 0.735. The number of benzene rings is 6. The van der Waals surface area contributed by atoms with Crippen LogP contribution in [0.3, 0.4) is 0 Å². The highest BCUT2D eigenvalue weighted by Crippen LogP contribution is 2.33. The van der Waals surface area contributed by atoms with E-state index in [1.165, 1.54) is 32.3 Å². The van der Waals surface area contributed by atoms with Crippen molar-refractivity contribution in [3.63, 3.8) is 0 Å². The van der Waals surface area contributed by atoms with Gasteiger partial charge < -0.3 is 0 Å². The van der Waals surface area contributed by atoms with E-state index < -0.39 is 0 Å². The van der Waals surface area contributed by atoms with Gasteiger partial charge in [0, 0.05) is 5.56 Å². The molecule has 0 spiro atoms. The molecule has 0 atom stereocenters. The number of hydrogen-bond acceptors (Lipinski definition) is 1. The lowest BCUT2D eigenvalue weighted by atomic mass is 9.95. The molecule has 0 saturated heterocycles. The fourth-order valence-electron chi connectivity index (χ4n) is 4.15. The highest BCUT2D eigenvalue weighted by Gasteiger charge is 2.06. The fraction of sp³-hybridized carbons (Fsp3) is 0. The van der Waals surface area contributed by atoms with E-state index in [0.29, 0.717) is 0 Å². The Morgan fingerprint density at radius 1 is 0.433 bits per heavy atom. The van der Waals surface area contributed by atoms with Gasteiger partial charge in [0.25, 0.3) is 0 Å². The van der Waals surface area contributed by atoms with Gasteiger partial charge in [-0.05, 0) is 43.4 Å². The third kappa shape index (κ3) is 3.21. The lowest BCUT2D eigenvalue weighted by Gasteiger charge is -2.09. The Bertz CT molecular complexity index is 1320. The van der Waals surface area contributed by atoms with Crippen LogP contribution in [-0.2, 0) is 0 Å². The van der Waals surface area contributed by atoms with E-state index in [0.717, 1.165) is 23.0 Å². The lowest BCUT2D eigenvalue weighted by Crippen LogP contribution is -1.85. The molecule has 0 amide bonds. The van der Waals surface area contributed by atoms with Crippen molar-refractivity contribution in [1.29, 1.82) is 0 Å². The van der Waals surface area contributed by atoms with Crippen LogP contribution >= 0.6 is 0 Å². The summed E-state index contributed by atoms with van der Waals surface area (Å²) >= 11 is 0. The van der Waals surface area contributed by atoms with Crippen LogP contribution in [0, 0.1) is 0 Å². The molecule has 0 bridgehead atoms. The van der Waals surface area contributed by atoms with Gasteiger partial charge in [-0.1, -0.05) is 115 Å². The molecule has 0 unspecified atom stereocenters. The van der Waals surface area contributed by atoms with Gasteiger partial charge in [-0.25, -0.2) is 0 Å². The number of rotatable bonds is 2. The van der Waals surface area contributed by atoms with Gasteiger partial charge in [0.05, 0.1) is 0 Å². The van der Waals surface area contributed by atoms with Gasteiger partial charge in [0.15, 0.2) is 6.29 Å². The maximum atomic E-state index is 10.8. The molecule has 0 aliphatic heterocycles. The summed E-state index contributed by atoms with van der Waals surface area (Å²) in [6.45, 7) is 0. The molecule has 6 aromatic rings. The molecular formula is C29H20O. The van der Waals surface area contributed by atoms with Gasteiger partial charge in [0.2, 0.25) is 0 Å². The summed E-state index contributed by atoms with van der Waals surface area (Å²) in [5, 5.41) is 8.14. The van der Waals surface area contributed by atoms with Gasteiger partial charge in [0.1, 0.15) is 0 Å².